The maximum atomic E-state index is 11.4. The number of carbonyl (C=O) groups excluding carboxylic acids is 1. The summed E-state index contributed by atoms with van der Waals surface area (Å²) in [7, 11) is 0. The molecule has 1 aliphatic rings. The van der Waals surface area contributed by atoms with Crippen molar-refractivity contribution in [2.24, 2.45) is 5.10 Å². The first-order chi connectivity index (χ1) is 9.10. The van der Waals surface area contributed by atoms with Crippen molar-refractivity contribution in [3.63, 3.8) is 0 Å². The van der Waals surface area contributed by atoms with Crippen molar-refractivity contribution < 1.29 is 18.9 Å². The Kier molecular flexibility index (Phi) is 4.05. The monoisotopic (exact) mass is 285 g/mol. The van der Waals surface area contributed by atoms with Crippen LogP contribution in [0.25, 0.3) is 0 Å². The van der Waals surface area contributed by atoms with Crippen LogP contribution in [0.3, 0.4) is 0 Å². The van der Waals surface area contributed by atoms with E-state index in [-0.39, 0.29) is 16.9 Å². The van der Waals surface area contributed by atoms with E-state index in [9.17, 15) is 14.9 Å². The summed E-state index contributed by atoms with van der Waals surface area (Å²) in [4.78, 5) is 21.2. The van der Waals surface area contributed by atoms with Gasteiger partial charge in [0.15, 0.2) is 5.76 Å². The number of rotatable bonds is 4. The summed E-state index contributed by atoms with van der Waals surface area (Å²) in [6, 6.07) is 2.63. The van der Waals surface area contributed by atoms with Gasteiger partial charge in [0.2, 0.25) is 0 Å². The van der Waals surface area contributed by atoms with Gasteiger partial charge in [0.25, 0.3) is 0 Å². The summed E-state index contributed by atoms with van der Waals surface area (Å²) < 4.78 is 9.83. The number of hydrogen-bond donors (Lipinski definition) is 0. The lowest BCUT2D eigenvalue weighted by atomic mass is 10.4. The normalized spacial score (nSPS) is 19.7. The number of carbonyl (C=O) groups is 1. The van der Waals surface area contributed by atoms with Crippen molar-refractivity contribution in [2.75, 3.05) is 19.4 Å². The first kappa shape index (κ1) is 13.4. The van der Waals surface area contributed by atoms with Crippen LogP contribution in [-0.2, 0) is 4.74 Å². The topological polar surface area (TPSA) is 98.2 Å². The predicted octanol–water partition coefficient (Wildman–Crippen LogP) is 1.71. The van der Waals surface area contributed by atoms with E-state index in [1.807, 2.05) is 6.26 Å². The molecule has 1 aromatic heterocycles. The van der Waals surface area contributed by atoms with Crippen molar-refractivity contribution in [1.29, 1.82) is 0 Å². The van der Waals surface area contributed by atoms with E-state index >= 15 is 0 Å². The first-order valence-electron chi connectivity index (χ1n) is 5.35. The van der Waals surface area contributed by atoms with Gasteiger partial charge < -0.3 is 9.15 Å². The molecule has 0 spiro atoms. The van der Waals surface area contributed by atoms with Gasteiger partial charge in [0.1, 0.15) is 11.5 Å². The van der Waals surface area contributed by atoms with Crippen LogP contribution in [0.15, 0.2) is 21.7 Å². The highest BCUT2D eigenvalue weighted by atomic mass is 32.2. The predicted molar refractivity (Wildman–Crippen MR) is 68.3 cm³/mol. The summed E-state index contributed by atoms with van der Waals surface area (Å²) in [6.07, 6.45) is 2.63. The average Bonchev–Trinajstić information content (AvgIpc) is 2.87. The molecular formula is C10H11N3O5S. The minimum atomic E-state index is -0.643. The number of amides is 1. The summed E-state index contributed by atoms with van der Waals surface area (Å²) in [5, 5.41) is 15.7. The molecule has 0 bridgehead atoms. The molecule has 2 heterocycles. The lowest BCUT2D eigenvalue weighted by Crippen LogP contribution is -2.41. The molecule has 0 radical (unpaired) electrons. The van der Waals surface area contributed by atoms with E-state index in [0.717, 1.165) is 0 Å². The number of thioether (sulfide) groups is 1. The van der Waals surface area contributed by atoms with Crippen LogP contribution in [0.5, 0.6) is 0 Å². The van der Waals surface area contributed by atoms with Crippen molar-refractivity contribution in [3.05, 3.63) is 28.0 Å². The fraction of sp³-hybridized carbons (Fsp3) is 0.400. The molecule has 8 nitrogen and oxygen atoms in total. The maximum Gasteiger partial charge on any atom is 0.433 e. The number of nitro groups is 1. The Hall–Kier alpha value is -2.03. The molecule has 0 aliphatic carbocycles. The zero-order valence-corrected chi connectivity index (χ0v) is 10.8. The second-order valence-corrected chi connectivity index (χ2v) is 4.83. The highest BCUT2D eigenvalue weighted by Gasteiger charge is 2.26. The summed E-state index contributed by atoms with van der Waals surface area (Å²) >= 11 is 1.58. The molecule has 0 aromatic carbocycles. The van der Waals surface area contributed by atoms with E-state index in [4.69, 9.17) is 9.15 Å². The SMILES string of the molecule is CSC1COC(=O)N(/N=C/c2ccc([N+](=O)[O-])o2)C1. The molecule has 1 unspecified atom stereocenters. The Morgan fingerprint density at radius 3 is 3.05 bits per heavy atom. The van der Waals surface area contributed by atoms with E-state index in [2.05, 4.69) is 5.10 Å². The molecule has 1 aromatic rings. The zero-order valence-electron chi connectivity index (χ0n) is 10.0. The Bertz CT molecular complexity index is 515. The fourth-order valence-corrected chi connectivity index (χ4v) is 1.93. The standard InChI is InChI=1S/C10H11N3O5S/c1-19-8-5-12(10(14)17-6-8)11-4-7-2-3-9(18-7)13(15)16/h2-4,8H,5-6H2,1H3/b11-4+. The van der Waals surface area contributed by atoms with Gasteiger partial charge in [-0.3, -0.25) is 10.1 Å². The Morgan fingerprint density at radius 1 is 1.63 bits per heavy atom. The molecule has 1 fully saturated rings. The van der Waals surface area contributed by atoms with Crippen molar-refractivity contribution in [3.8, 4) is 0 Å². The van der Waals surface area contributed by atoms with Crippen LogP contribution in [0, 0.1) is 10.1 Å². The average molecular weight is 285 g/mol. The quantitative estimate of drug-likeness (QED) is 0.474. The van der Waals surface area contributed by atoms with Crippen LogP contribution < -0.4 is 0 Å². The molecule has 1 amide bonds. The molecule has 9 heteroatoms. The molecule has 1 atom stereocenters. The van der Waals surface area contributed by atoms with E-state index in [1.54, 1.807) is 11.8 Å². The zero-order chi connectivity index (χ0) is 13.8. The van der Waals surface area contributed by atoms with Crippen LogP contribution in [-0.4, -0.2) is 46.9 Å². The minimum Gasteiger partial charge on any atom is -0.447 e. The van der Waals surface area contributed by atoms with Gasteiger partial charge in [-0.2, -0.15) is 21.9 Å². The third kappa shape index (κ3) is 3.25. The van der Waals surface area contributed by atoms with Crippen LogP contribution in [0.4, 0.5) is 10.7 Å². The number of hydrazone groups is 1. The molecular weight excluding hydrogens is 274 g/mol. The largest absolute Gasteiger partial charge is 0.447 e. The summed E-state index contributed by atoms with van der Waals surface area (Å²) in [5.41, 5.74) is 0. The van der Waals surface area contributed by atoms with E-state index in [1.165, 1.54) is 23.4 Å². The molecule has 0 N–H and O–H groups in total. The lowest BCUT2D eigenvalue weighted by molar-refractivity contribution is -0.402. The van der Waals surface area contributed by atoms with Gasteiger partial charge in [-0.25, -0.2) is 4.79 Å². The number of hydrogen-bond acceptors (Lipinski definition) is 7. The molecule has 0 saturated carbocycles. The number of nitrogens with zero attached hydrogens (tertiary/aromatic N) is 3. The van der Waals surface area contributed by atoms with Crippen molar-refractivity contribution >= 4 is 30.0 Å². The fourth-order valence-electron chi connectivity index (χ4n) is 1.43. The Labute approximate surface area is 112 Å². The van der Waals surface area contributed by atoms with Gasteiger partial charge >= 0.3 is 12.0 Å². The number of ether oxygens (including phenoxy) is 1. The van der Waals surface area contributed by atoms with Gasteiger partial charge in [-0.1, -0.05) is 0 Å². The smallest absolute Gasteiger partial charge is 0.433 e. The van der Waals surface area contributed by atoms with Gasteiger partial charge in [-0.05, 0) is 12.3 Å². The third-order valence-corrected chi connectivity index (χ3v) is 3.38. The van der Waals surface area contributed by atoms with Gasteiger partial charge in [0, 0.05) is 0 Å². The number of cyclic esters (lactones) is 1. The molecule has 19 heavy (non-hydrogen) atoms. The van der Waals surface area contributed by atoms with E-state index in [0.29, 0.717) is 13.2 Å². The molecule has 2 rings (SSSR count). The van der Waals surface area contributed by atoms with Crippen molar-refractivity contribution in [1.82, 2.24) is 5.01 Å². The second kappa shape index (κ2) is 5.74. The van der Waals surface area contributed by atoms with Crippen LogP contribution >= 0.6 is 11.8 Å². The summed E-state index contributed by atoms with van der Waals surface area (Å²) in [6.45, 7) is 0.789. The third-order valence-electron chi connectivity index (χ3n) is 2.43. The maximum absolute atomic E-state index is 11.4. The van der Waals surface area contributed by atoms with E-state index < -0.39 is 11.0 Å². The molecule has 1 aliphatic heterocycles. The minimum absolute atomic E-state index is 0.154. The second-order valence-electron chi connectivity index (χ2n) is 3.69. The highest BCUT2D eigenvalue weighted by molar-refractivity contribution is 7.99. The molecule has 1 saturated heterocycles. The Morgan fingerprint density at radius 2 is 2.42 bits per heavy atom. The first-order valence-corrected chi connectivity index (χ1v) is 6.64. The van der Waals surface area contributed by atoms with Gasteiger partial charge in [-0.15, -0.1) is 0 Å². The highest BCUT2D eigenvalue weighted by Crippen LogP contribution is 2.17. The van der Waals surface area contributed by atoms with Crippen LogP contribution in [0.2, 0.25) is 0 Å². The van der Waals surface area contributed by atoms with Crippen molar-refractivity contribution in [2.45, 2.75) is 5.25 Å². The lowest BCUT2D eigenvalue weighted by Gasteiger charge is -2.27. The Balaban J connectivity index is 2.03. The summed E-state index contributed by atoms with van der Waals surface area (Å²) in [5.74, 6) is -0.171. The molecule has 102 valence electrons. The van der Waals surface area contributed by atoms with Crippen LogP contribution in [0.1, 0.15) is 5.76 Å². The van der Waals surface area contributed by atoms with Gasteiger partial charge in [0.05, 0.1) is 24.1 Å². The number of furan rings is 1.